The van der Waals surface area contributed by atoms with Crippen molar-refractivity contribution in [2.75, 3.05) is 33.3 Å². The summed E-state index contributed by atoms with van der Waals surface area (Å²) in [6, 6.07) is 11.6. The van der Waals surface area contributed by atoms with Crippen molar-refractivity contribution in [3.8, 4) is 5.75 Å². The number of ketones is 1. The van der Waals surface area contributed by atoms with Gasteiger partial charge in [0.05, 0.1) is 18.7 Å². The predicted molar refractivity (Wildman–Crippen MR) is 114 cm³/mol. The highest BCUT2D eigenvalue weighted by Crippen LogP contribution is 2.39. The molecule has 1 unspecified atom stereocenters. The molecule has 2 aromatic carbocycles. The number of rotatable bonds is 6. The molecule has 4 rings (SSSR count). The van der Waals surface area contributed by atoms with E-state index in [9.17, 15) is 19.1 Å². The van der Waals surface area contributed by atoms with Crippen molar-refractivity contribution in [1.29, 1.82) is 0 Å². The van der Waals surface area contributed by atoms with Crippen LogP contribution in [0.1, 0.15) is 30.0 Å². The number of amides is 1. The van der Waals surface area contributed by atoms with E-state index in [0.717, 1.165) is 25.9 Å². The van der Waals surface area contributed by atoms with E-state index >= 15 is 0 Å². The number of carbonyl (C=O) groups excluding carboxylic acids is 2. The molecule has 0 radical (unpaired) electrons. The molecule has 0 spiro atoms. The van der Waals surface area contributed by atoms with E-state index in [0.29, 0.717) is 24.4 Å². The number of nitrogens with zero attached hydrogens (tertiary/aromatic N) is 2. The molecule has 6 nitrogen and oxygen atoms in total. The fraction of sp³-hybridized carbons (Fsp3) is 0.333. The van der Waals surface area contributed by atoms with Crippen LogP contribution in [-0.2, 0) is 9.59 Å². The lowest BCUT2D eigenvalue weighted by Gasteiger charge is -2.27. The van der Waals surface area contributed by atoms with Crippen LogP contribution in [0.2, 0.25) is 0 Å². The van der Waals surface area contributed by atoms with Gasteiger partial charge in [-0.3, -0.25) is 9.59 Å². The molecular weight excluding hydrogens is 399 g/mol. The second-order valence-electron chi connectivity index (χ2n) is 7.82. The molecule has 0 bridgehead atoms. The molecule has 31 heavy (non-hydrogen) atoms. The third-order valence-electron chi connectivity index (χ3n) is 5.94. The molecule has 2 aliphatic heterocycles. The van der Waals surface area contributed by atoms with Crippen LogP contribution < -0.4 is 4.74 Å². The summed E-state index contributed by atoms with van der Waals surface area (Å²) in [5, 5.41) is 11.0. The Labute approximate surface area is 180 Å². The number of hydrogen-bond donors (Lipinski definition) is 1. The number of Topliss-reactive ketones (excluding diaryl/α,β-unsaturated/α-hetero) is 1. The number of aliphatic hydroxyl groups is 1. The Morgan fingerprint density at radius 1 is 1.03 bits per heavy atom. The smallest absolute Gasteiger partial charge is 0.295 e. The Morgan fingerprint density at radius 2 is 1.68 bits per heavy atom. The van der Waals surface area contributed by atoms with Gasteiger partial charge >= 0.3 is 0 Å². The van der Waals surface area contributed by atoms with E-state index in [2.05, 4.69) is 4.90 Å². The molecule has 162 valence electrons. The molecule has 7 heteroatoms. The first-order valence-corrected chi connectivity index (χ1v) is 10.4. The number of benzene rings is 2. The minimum absolute atomic E-state index is 0.0168. The van der Waals surface area contributed by atoms with Gasteiger partial charge in [-0.2, -0.15) is 0 Å². The Bertz CT molecular complexity index is 995. The highest BCUT2D eigenvalue weighted by molar-refractivity contribution is 6.46. The van der Waals surface area contributed by atoms with Crippen molar-refractivity contribution in [2.45, 2.75) is 18.9 Å². The zero-order valence-electron chi connectivity index (χ0n) is 17.4. The van der Waals surface area contributed by atoms with Crippen LogP contribution in [0.4, 0.5) is 4.39 Å². The fourth-order valence-corrected chi connectivity index (χ4v) is 4.26. The molecule has 2 aromatic rings. The van der Waals surface area contributed by atoms with E-state index in [1.165, 1.54) is 29.2 Å². The molecule has 0 aliphatic carbocycles. The summed E-state index contributed by atoms with van der Waals surface area (Å²) in [5.41, 5.74) is 1.01. The van der Waals surface area contributed by atoms with E-state index in [1.807, 2.05) is 0 Å². The third-order valence-corrected chi connectivity index (χ3v) is 5.94. The topological polar surface area (TPSA) is 70.1 Å². The van der Waals surface area contributed by atoms with Gasteiger partial charge in [0.1, 0.15) is 17.3 Å². The van der Waals surface area contributed by atoms with Crippen molar-refractivity contribution in [2.24, 2.45) is 0 Å². The number of hydrogen-bond acceptors (Lipinski definition) is 5. The standard InChI is InChI=1S/C24H25FN2O4/c1-31-19-10-6-16(7-11-19)21-20(22(28)17-4-8-18(25)9-5-17)23(29)24(30)27(21)15-14-26-12-2-3-13-26/h4-11,21,28H,2-3,12-15H2,1H3/b22-20+. The molecule has 0 aromatic heterocycles. The summed E-state index contributed by atoms with van der Waals surface area (Å²) in [6.07, 6.45) is 2.26. The lowest BCUT2D eigenvalue weighted by atomic mass is 9.95. The first kappa shape index (κ1) is 21.1. The van der Waals surface area contributed by atoms with E-state index in [4.69, 9.17) is 4.74 Å². The van der Waals surface area contributed by atoms with Gasteiger partial charge in [0.2, 0.25) is 0 Å². The molecule has 0 saturated carbocycles. The minimum atomic E-state index is -0.732. The maximum atomic E-state index is 13.3. The normalized spacial score (nSPS) is 21.1. The van der Waals surface area contributed by atoms with Gasteiger partial charge < -0.3 is 19.6 Å². The van der Waals surface area contributed by atoms with Gasteiger partial charge in [-0.05, 0) is 67.9 Å². The van der Waals surface area contributed by atoms with Gasteiger partial charge in [0, 0.05) is 18.7 Å². The second kappa shape index (κ2) is 8.89. The van der Waals surface area contributed by atoms with Crippen LogP contribution in [0, 0.1) is 5.82 Å². The summed E-state index contributed by atoms with van der Waals surface area (Å²) in [5.74, 6) is -1.47. The zero-order valence-corrected chi connectivity index (χ0v) is 17.4. The Balaban J connectivity index is 1.75. The molecule has 1 N–H and O–H groups in total. The van der Waals surface area contributed by atoms with Gasteiger partial charge in [0.15, 0.2) is 0 Å². The SMILES string of the molecule is COc1ccc(C2/C(=C(\O)c3ccc(F)cc3)C(=O)C(=O)N2CCN2CCCC2)cc1. The molecule has 2 heterocycles. The van der Waals surface area contributed by atoms with E-state index < -0.39 is 23.5 Å². The Morgan fingerprint density at radius 3 is 2.29 bits per heavy atom. The number of ether oxygens (including phenoxy) is 1. The van der Waals surface area contributed by atoms with Crippen LogP contribution >= 0.6 is 0 Å². The lowest BCUT2D eigenvalue weighted by Crippen LogP contribution is -2.37. The quantitative estimate of drug-likeness (QED) is 0.438. The van der Waals surface area contributed by atoms with Crippen LogP contribution in [0.3, 0.4) is 0 Å². The van der Waals surface area contributed by atoms with Crippen LogP contribution in [-0.4, -0.2) is 59.9 Å². The Hall–Kier alpha value is -3.19. The van der Waals surface area contributed by atoms with E-state index in [1.54, 1.807) is 31.4 Å². The lowest BCUT2D eigenvalue weighted by molar-refractivity contribution is -0.140. The molecule has 1 amide bonds. The average Bonchev–Trinajstić information content (AvgIpc) is 3.39. The molecule has 1 atom stereocenters. The molecule has 2 aliphatic rings. The highest BCUT2D eigenvalue weighted by atomic mass is 19.1. The number of halogens is 1. The summed E-state index contributed by atoms with van der Waals surface area (Å²) in [4.78, 5) is 29.7. The van der Waals surface area contributed by atoms with Gasteiger partial charge in [-0.15, -0.1) is 0 Å². The maximum Gasteiger partial charge on any atom is 0.295 e. The molecule has 2 saturated heterocycles. The average molecular weight is 424 g/mol. The van der Waals surface area contributed by atoms with Gasteiger partial charge in [-0.25, -0.2) is 4.39 Å². The maximum absolute atomic E-state index is 13.3. The number of aliphatic hydroxyl groups excluding tert-OH is 1. The largest absolute Gasteiger partial charge is 0.507 e. The van der Waals surface area contributed by atoms with Crippen molar-refractivity contribution >= 4 is 17.4 Å². The first-order chi connectivity index (χ1) is 15.0. The Kier molecular flexibility index (Phi) is 6.04. The highest BCUT2D eigenvalue weighted by Gasteiger charge is 2.46. The fourth-order valence-electron chi connectivity index (χ4n) is 4.26. The molecule has 2 fully saturated rings. The summed E-state index contributed by atoms with van der Waals surface area (Å²) < 4.78 is 18.6. The van der Waals surface area contributed by atoms with Crippen molar-refractivity contribution in [3.05, 3.63) is 71.0 Å². The predicted octanol–water partition coefficient (Wildman–Crippen LogP) is 3.35. The third kappa shape index (κ3) is 4.18. The molecular formula is C24H25FN2O4. The van der Waals surface area contributed by atoms with Crippen molar-refractivity contribution < 1.29 is 23.8 Å². The first-order valence-electron chi connectivity index (χ1n) is 10.4. The zero-order chi connectivity index (χ0) is 22.0. The van der Waals surface area contributed by atoms with Crippen LogP contribution in [0.15, 0.2) is 54.1 Å². The van der Waals surface area contributed by atoms with Crippen LogP contribution in [0.25, 0.3) is 5.76 Å². The second-order valence-corrected chi connectivity index (χ2v) is 7.82. The number of likely N-dealkylation sites (tertiary alicyclic amines) is 2. The van der Waals surface area contributed by atoms with Crippen molar-refractivity contribution in [1.82, 2.24) is 9.80 Å². The summed E-state index contributed by atoms with van der Waals surface area (Å²) in [6.45, 7) is 3.00. The van der Waals surface area contributed by atoms with Gasteiger partial charge in [-0.1, -0.05) is 12.1 Å². The summed E-state index contributed by atoms with van der Waals surface area (Å²) in [7, 11) is 1.56. The van der Waals surface area contributed by atoms with Crippen molar-refractivity contribution in [3.63, 3.8) is 0 Å². The van der Waals surface area contributed by atoms with E-state index in [-0.39, 0.29) is 16.9 Å². The number of methoxy groups -OCH3 is 1. The monoisotopic (exact) mass is 424 g/mol. The minimum Gasteiger partial charge on any atom is -0.507 e. The summed E-state index contributed by atoms with van der Waals surface area (Å²) >= 11 is 0. The van der Waals surface area contributed by atoms with Crippen LogP contribution in [0.5, 0.6) is 5.75 Å². The van der Waals surface area contributed by atoms with Gasteiger partial charge in [0.25, 0.3) is 11.7 Å². The number of carbonyl (C=O) groups is 2.